The van der Waals surface area contributed by atoms with Gasteiger partial charge in [0.15, 0.2) is 0 Å². The van der Waals surface area contributed by atoms with Crippen molar-refractivity contribution in [3.05, 3.63) is 56.5 Å². The number of anilines is 1. The number of carbonyl (C=O) groups excluding carboxylic acids is 2. The average molecular weight is 377 g/mol. The largest absolute Gasteiger partial charge is 0.355 e. The van der Waals surface area contributed by atoms with Gasteiger partial charge in [-0.3, -0.25) is 19.7 Å². The Kier molecular flexibility index (Phi) is 5.27. The van der Waals surface area contributed by atoms with Gasteiger partial charge in [0, 0.05) is 30.5 Å². The molecule has 0 bridgehead atoms. The van der Waals surface area contributed by atoms with E-state index in [1.54, 1.807) is 11.3 Å². The highest BCUT2D eigenvalue weighted by Gasteiger charge is 2.35. The van der Waals surface area contributed by atoms with Crippen molar-refractivity contribution in [2.45, 2.75) is 12.8 Å². The summed E-state index contributed by atoms with van der Waals surface area (Å²) in [5.74, 6) is -2.04. The first kappa shape index (κ1) is 18.0. The Morgan fingerprint density at radius 3 is 2.92 bits per heavy atom. The summed E-state index contributed by atoms with van der Waals surface area (Å²) in [7, 11) is 0. The third-order valence-corrected chi connectivity index (χ3v) is 5.12. The molecule has 1 aliphatic heterocycles. The van der Waals surface area contributed by atoms with Crippen molar-refractivity contribution in [3.63, 3.8) is 0 Å². The SMILES string of the molecule is O=C(NCCc1cccs1)C1CC(=O)N(c2ccc(F)c([N+](=O)[O-])c2)C1. The van der Waals surface area contributed by atoms with Crippen LogP contribution in [0.1, 0.15) is 11.3 Å². The van der Waals surface area contributed by atoms with Gasteiger partial charge in [-0.2, -0.15) is 4.39 Å². The van der Waals surface area contributed by atoms with Gasteiger partial charge in [0.25, 0.3) is 0 Å². The number of halogens is 1. The number of hydrogen-bond donors (Lipinski definition) is 1. The first-order chi connectivity index (χ1) is 12.5. The Balaban J connectivity index is 1.62. The highest BCUT2D eigenvalue weighted by atomic mass is 32.1. The number of nitrogens with zero attached hydrogens (tertiary/aromatic N) is 2. The molecule has 1 fully saturated rings. The van der Waals surface area contributed by atoms with E-state index in [0.29, 0.717) is 6.54 Å². The second-order valence-corrected chi connectivity index (χ2v) is 6.95. The fourth-order valence-corrected chi connectivity index (χ4v) is 3.56. The summed E-state index contributed by atoms with van der Waals surface area (Å²) in [6.45, 7) is 0.596. The zero-order valence-electron chi connectivity index (χ0n) is 13.7. The topological polar surface area (TPSA) is 92.6 Å². The van der Waals surface area contributed by atoms with Crippen LogP contribution in [0, 0.1) is 21.8 Å². The van der Waals surface area contributed by atoms with Gasteiger partial charge in [0.1, 0.15) is 0 Å². The molecule has 0 radical (unpaired) electrons. The van der Waals surface area contributed by atoms with E-state index in [-0.39, 0.29) is 30.5 Å². The van der Waals surface area contributed by atoms with Gasteiger partial charge in [-0.25, -0.2) is 0 Å². The molecule has 7 nitrogen and oxygen atoms in total. The lowest BCUT2D eigenvalue weighted by Gasteiger charge is -2.16. The van der Waals surface area contributed by atoms with Gasteiger partial charge in [0.05, 0.1) is 16.5 Å². The molecule has 2 heterocycles. The molecule has 2 aromatic rings. The van der Waals surface area contributed by atoms with E-state index in [9.17, 15) is 24.1 Å². The van der Waals surface area contributed by atoms with Crippen molar-refractivity contribution < 1.29 is 18.9 Å². The number of thiophene rings is 1. The normalized spacial score (nSPS) is 16.7. The molecule has 1 unspecified atom stereocenters. The molecule has 136 valence electrons. The van der Waals surface area contributed by atoms with Crippen LogP contribution in [-0.4, -0.2) is 29.8 Å². The quantitative estimate of drug-likeness (QED) is 0.618. The van der Waals surface area contributed by atoms with Crippen LogP contribution < -0.4 is 10.2 Å². The Labute approximate surface area is 152 Å². The molecule has 1 atom stereocenters. The summed E-state index contributed by atoms with van der Waals surface area (Å²) in [4.78, 5) is 36.9. The number of amides is 2. The molecule has 0 saturated carbocycles. The van der Waals surface area contributed by atoms with Crippen molar-refractivity contribution in [3.8, 4) is 0 Å². The molecule has 1 aliphatic rings. The van der Waals surface area contributed by atoms with Gasteiger partial charge >= 0.3 is 5.69 Å². The molecule has 2 amide bonds. The summed E-state index contributed by atoms with van der Waals surface area (Å²) in [6.07, 6.45) is 0.744. The van der Waals surface area contributed by atoms with Crippen molar-refractivity contribution in [2.24, 2.45) is 5.92 Å². The number of nitro benzene ring substituents is 1. The van der Waals surface area contributed by atoms with E-state index in [0.717, 1.165) is 23.4 Å². The fourth-order valence-electron chi connectivity index (χ4n) is 2.85. The zero-order chi connectivity index (χ0) is 18.7. The molecule has 1 N–H and O–H groups in total. The number of benzene rings is 1. The predicted molar refractivity (Wildman–Crippen MR) is 94.5 cm³/mol. The van der Waals surface area contributed by atoms with Gasteiger partial charge < -0.3 is 10.2 Å². The zero-order valence-corrected chi connectivity index (χ0v) is 14.5. The summed E-state index contributed by atoms with van der Waals surface area (Å²) < 4.78 is 13.5. The van der Waals surface area contributed by atoms with Crippen molar-refractivity contribution in [1.29, 1.82) is 0 Å². The average Bonchev–Trinajstić information content (AvgIpc) is 3.25. The minimum Gasteiger partial charge on any atom is -0.355 e. The van der Waals surface area contributed by atoms with E-state index >= 15 is 0 Å². The van der Waals surface area contributed by atoms with Crippen molar-refractivity contribution in [1.82, 2.24) is 5.32 Å². The number of nitro groups is 1. The van der Waals surface area contributed by atoms with Crippen LogP contribution >= 0.6 is 11.3 Å². The highest BCUT2D eigenvalue weighted by Crippen LogP contribution is 2.29. The standard InChI is InChI=1S/C17H16FN3O4S/c18-14-4-3-12(9-15(14)21(24)25)20-10-11(8-16(20)22)17(23)19-6-5-13-2-1-7-26-13/h1-4,7,9,11H,5-6,8,10H2,(H,19,23). The van der Waals surface area contributed by atoms with Gasteiger partial charge in [-0.15, -0.1) is 11.3 Å². The lowest BCUT2D eigenvalue weighted by Crippen LogP contribution is -2.34. The number of carbonyl (C=O) groups is 2. The fraction of sp³-hybridized carbons (Fsp3) is 0.294. The maximum Gasteiger partial charge on any atom is 0.306 e. The van der Waals surface area contributed by atoms with E-state index in [1.165, 1.54) is 11.0 Å². The van der Waals surface area contributed by atoms with E-state index in [2.05, 4.69) is 5.32 Å². The number of rotatable bonds is 6. The van der Waals surface area contributed by atoms with Crippen LogP contribution in [0.25, 0.3) is 0 Å². The molecule has 9 heteroatoms. The lowest BCUT2D eigenvalue weighted by molar-refractivity contribution is -0.387. The smallest absolute Gasteiger partial charge is 0.306 e. The Morgan fingerprint density at radius 2 is 2.23 bits per heavy atom. The molecule has 1 aromatic heterocycles. The van der Waals surface area contributed by atoms with Crippen LogP contribution in [0.5, 0.6) is 0 Å². The first-order valence-electron chi connectivity index (χ1n) is 8.00. The maximum atomic E-state index is 13.5. The molecular weight excluding hydrogens is 361 g/mol. The Bertz CT molecular complexity index is 841. The Hall–Kier alpha value is -2.81. The first-order valence-corrected chi connectivity index (χ1v) is 8.88. The highest BCUT2D eigenvalue weighted by molar-refractivity contribution is 7.09. The molecule has 1 saturated heterocycles. The van der Waals surface area contributed by atoms with E-state index < -0.39 is 22.3 Å². The summed E-state index contributed by atoms with van der Waals surface area (Å²) >= 11 is 1.61. The van der Waals surface area contributed by atoms with E-state index in [4.69, 9.17) is 0 Å². The summed E-state index contributed by atoms with van der Waals surface area (Å²) in [6, 6.07) is 7.20. The second kappa shape index (κ2) is 7.61. The lowest BCUT2D eigenvalue weighted by atomic mass is 10.1. The maximum absolute atomic E-state index is 13.5. The number of hydrogen-bond acceptors (Lipinski definition) is 5. The van der Waals surface area contributed by atoms with Crippen molar-refractivity contribution >= 4 is 34.5 Å². The van der Waals surface area contributed by atoms with Gasteiger partial charge in [0.2, 0.25) is 17.6 Å². The molecule has 0 aliphatic carbocycles. The summed E-state index contributed by atoms with van der Waals surface area (Å²) in [5, 5.41) is 15.6. The van der Waals surface area contributed by atoms with Crippen LogP contribution in [0.4, 0.5) is 15.8 Å². The molecule has 0 spiro atoms. The van der Waals surface area contributed by atoms with Crippen LogP contribution in [-0.2, 0) is 16.0 Å². The van der Waals surface area contributed by atoms with Crippen LogP contribution in [0.3, 0.4) is 0 Å². The third-order valence-electron chi connectivity index (χ3n) is 4.18. The minimum absolute atomic E-state index is 0.0238. The van der Waals surface area contributed by atoms with Gasteiger partial charge in [-0.1, -0.05) is 6.07 Å². The number of nitrogens with one attached hydrogen (secondary N) is 1. The van der Waals surface area contributed by atoms with E-state index in [1.807, 2.05) is 17.5 Å². The van der Waals surface area contributed by atoms with Crippen LogP contribution in [0.2, 0.25) is 0 Å². The Morgan fingerprint density at radius 1 is 1.42 bits per heavy atom. The molecule has 3 rings (SSSR count). The van der Waals surface area contributed by atoms with Crippen molar-refractivity contribution in [2.75, 3.05) is 18.0 Å². The predicted octanol–water partition coefficient (Wildman–Crippen LogP) is 2.51. The monoisotopic (exact) mass is 377 g/mol. The minimum atomic E-state index is -0.965. The second-order valence-electron chi connectivity index (χ2n) is 5.92. The van der Waals surface area contributed by atoms with Crippen LogP contribution in [0.15, 0.2) is 35.7 Å². The third kappa shape index (κ3) is 3.88. The van der Waals surface area contributed by atoms with Gasteiger partial charge in [-0.05, 0) is 30.0 Å². The summed E-state index contributed by atoms with van der Waals surface area (Å²) in [5.41, 5.74) is -0.476. The molecular formula is C17H16FN3O4S. The molecule has 1 aromatic carbocycles. The molecule has 26 heavy (non-hydrogen) atoms.